The third-order valence-corrected chi connectivity index (χ3v) is 7.91. The van der Waals surface area contributed by atoms with Crippen molar-refractivity contribution in [3.63, 3.8) is 0 Å². The molecule has 3 fully saturated rings. The van der Waals surface area contributed by atoms with Gasteiger partial charge in [-0.1, -0.05) is 29.8 Å². The van der Waals surface area contributed by atoms with Crippen molar-refractivity contribution in [2.75, 3.05) is 32.4 Å². The van der Waals surface area contributed by atoms with Crippen molar-refractivity contribution in [3.8, 4) is 0 Å². The first kappa shape index (κ1) is 19.9. The number of carbonyl (C=O) groups is 1. The van der Waals surface area contributed by atoms with Crippen LogP contribution >= 0.6 is 0 Å². The molecule has 4 rings (SSSR count). The SMILES string of the molecule is Cc1ccc(CC2CCN(C(=O)C3OC34CCN(S(C)(=O)=O)CC4)CC2)cc1. The summed E-state index contributed by atoms with van der Waals surface area (Å²) in [4.78, 5) is 14.8. The second-order valence-electron chi connectivity index (χ2n) is 8.68. The number of likely N-dealkylation sites (tertiary alicyclic amines) is 1. The summed E-state index contributed by atoms with van der Waals surface area (Å²) in [6.07, 6.45) is 5.22. The number of hydrogen-bond donors (Lipinski definition) is 0. The van der Waals surface area contributed by atoms with Crippen LogP contribution in [0, 0.1) is 12.8 Å². The van der Waals surface area contributed by atoms with Gasteiger partial charge in [-0.05, 0) is 50.5 Å². The molecular weight excluding hydrogens is 376 g/mol. The van der Waals surface area contributed by atoms with Gasteiger partial charge in [-0.3, -0.25) is 4.79 Å². The lowest BCUT2D eigenvalue weighted by atomic mass is 9.89. The molecule has 28 heavy (non-hydrogen) atoms. The molecule has 1 spiro atoms. The second-order valence-corrected chi connectivity index (χ2v) is 10.7. The number of carbonyl (C=O) groups excluding carboxylic acids is 1. The minimum Gasteiger partial charge on any atom is -0.355 e. The molecule has 3 aliphatic rings. The van der Waals surface area contributed by atoms with E-state index in [1.807, 2.05) is 4.90 Å². The van der Waals surface area contributed by atoms with Crippen LogP contribution < -0.4 is 0 Å². The maximum absolute atomic E-state index is 12.9. The molecule has 0 radical (unpaired) electrons. The number of nitrogens with zero attached hydrogens (tertiary/aromatic N) is 2. The van der Waals surface area contributed by atoms with E-state index in [0.717, 1.165) is 32.4 Å². The molecule has 0 saturated carbocycles. The zero-order valence-electron chi connectivity index (χ0n) is 16.8. The molecular formula is C21H30N2O4S. The summed E-state index contributed by atoms with van der Waals surface area (Å²) in [6.45, 7) is 4.58. The van der Waals surface area contributed by atoms with E-state index < -0.39 is 15.6 Å². The van der Waals surface area contributed by atoms with Gasteiger partial charge in [0.2, 0.25) is 10.0 Å². The standard InChI is InChI=1S/C21H30N2O4S/c1-16-3-5-17(6-4-16)15-18-7-11-22(12-8-18)20(24)19-21(27-19)9-13-23(14-10-21)28(2,25)26/h3-6,18-19H,7-15H2,1-2H3. The number of sulfonamides is 1. The summed E-state index contributed by atoms with van der Waals surface area (Å²) in [5, 5.41) is 0. The fourth-order valence-corrected chi connectivity index (χ4v) is 5.48. The van der Waals surface area contributed by atoms with Crippen LogP contribution in [0.3, 0.4) is 0 Å². The molecule has 1 aromatic rings. The van der Waals surface area contributed by atoms with Crippen molar-refractivity contribution in [3.05, 3.63) is 35.4 Å². The van der Waals surface area contributed by atoms with E-state index in [2.05, 4.69) is 31.2 Å². The van der Waals surface area contributed by atoms with E-state index >= 15 is 0 Å². The Balaban J connectivity index is 1.26. The molecule has 7 heteroatoms. The van der Waals surface area contributed by atoms with E-state index in [1.165, 1.54) is 21.7 Å². The van der Waals surface area contributed by atoms with Crippen molar-refractivity contribution >= 4 is 15.9 Å². The van der Waals surface area contributed by atoms with Crippen LogP contribution in [0.25, 0.3) is 0 Å². The summed E-state index contributed by atoms with van der Waals surface area (Å²) in [7, 11) is -3.16. The lowest BCUT2D eigenvalue weighted by molar-refractivity contribution is -0.133. The number of ether oxygens (including phenoxy) is 1. The second kappa shape index (κ2) is 7.43. The molecule has 6 nitrogen and oxygen atoms in total. The summed E-state index contributed by atoms with van der Waals surface area (Å²) in [5.41, 5.74) is 2.24. The van der Waals surface area contributed by atoms with E-state index in [9.17, 15) is 13.2 Å². The average Bonchev–Trinajstić information content (AvgIpc) is 3.36. The third-order valence-electron chi connectivity index (χ3n) is 6.61. The number of aryl methyl sites for hydroxylation is 1. The molecule has 0 aliphatic carbocycles. The Morgan fingerprint density at radius 2 is 1.71 bits per heavy atom. The van der Waals surface area contributed by atoms with Gasteiger partial charge in [-0.15, -0.1) is 0 Å². The molecule has 154 valence electrons. The van der Waals surface area contributed by atoms with Gasteiger partial charge in [0, 0.05) is 26.2 Å². The van der Waals surface area contributed by atoms with Crippen molar-refractivity contribution in [2.45, 2.75) is 50.7 Å². The lowest BCUT2D eigenvalue weighted by Gasteiger charge is -2.33. The highest BCUT2D eigenvalue weighted by Gasteiger charge is 2.62. The molecule has 1 aromatic carbocycles. The maximum atomic E-state index is 12.9. The van der Waals surface area contributed by atoms with Gasteiger partial charge in [-0.2, -0.15) is 0 Å². The van der Waals surface area contributed by atoms with E-state index in [-0.39, 0.29) is 12.0 Å². The van der Waals surface area contributed by atoms with Crippen LogP contribution in [-0.4, -0.2) is 67.7 Å². The van der Waals surface area contributed by atoms with Crippen molar-refractivity contribution in [1.82, 2.24) is 9.21 Å². The molecule has 3 heterocycles. The van der Waals surface area contributed by atoms with Gasteiger partial charge in [0.25, 0.3) is 5.91 Å². The molecule has 1 atom stereocenters. The van der Waals surface area contributed by atoms with Crippen molar-refractivity contribution in [2.24, 2.45) is 5.92 Å². The summed E-state index contributed by atoms with van der Waals surface area (Å²) in [6, 6.07) is 8.73. The largest absolute Gasteiger partial charge is 0.355 e. The molecule has 0 N–H and O–H groups in total. The Bertz CT molecular complexity index is 820. The van der Waals surface area contributed by atoms with Gasteiger partial charge in [0.1, 0.15) is 5.60 Å². The first-order valence-electron chi connectivity index (χ1n) is 10.2. The highest BCUT2D eigenvalue weighted by atomic mass is 32.2. The van der Waals surface area contributed by atoms with E-state index in [1.54, 1.807) is 0 Å². The summed E-state index contributed by atoms with van der Waals surface area (Å²) < 4.78 is 30.7. The fourth-order valence-electron chi connectivity index (χ4n) is 4.63. The van der Waals surface area contributed by atoms with Crippen LogP contribution in [0.4, 0.5) is 0 Å². The summed E-state index contributed by atoms with van der Waals surface area (Å²) >= 11 is 0. The Hall–Kier alpha value is -1.44. The van der Waals surface area contributed by atoms with Gasteiger partial charge in [0.05, 0.1) is 6.26 Å². The Labute approximate surface area is 167 Å². The highest BCUT2D eigenvalue weighted by molar-refractivity contribution is 7.88. The number of rotatable bonds is 4. The molecule has 3 aliphatic heterocycles. The number of hydrogen-bond acceptors (Lipinski definition) is 4. The maximum Gasteiger partial charge on any atom is 0.254 e. The average molecular weight is 407 g/mol. The number of benzene rings is 1. The minimum absolute atomic E-state index is 0.0987. The third kappa shape index (κ3) is 4.11. The molecule has 0 aromatic heterocycles. The first-order chi connectivity index (χ1) is 13.3. The predicted octanol–water partition coefficient (Wildman–Crippen LogP) is 1.97. The first-order valence-corrected chi connectivity index (χ1v) is 12.1. The summed E-state index contributed by atoms with van der Waals surface area (Å²) in [5.74, 6) is 0.723. The van der Waals surface area contributed by atoms with Crippen LogP contribution in [0.5, 0.6) is 0 Å². The van der Waals surface area contributed by atoms with Gasteiger partial charge in [-0.25, -0.2) is 12.7 Å². The Morgan fingerprint density at radius 3 is 2.29 bits per heavy atom. The number of amides is 1. The van der Waals surface area contributed by atoms with Gasteiger partial charge in [0.15, 0.2) is 6.10 Å². The monoisotopic (exact) mass is 406 g/mol. The lowest BCUT2D eigenvalue weighted by Crippen LogP contribution is -2.46. The van der Waals surface area contributed by atoms with Gasteiger partial charge < -0.3 is 9.64 Å². The van der Waals surface area contributed by atoms with Crippen molar-refractivity contribution in [1.29, 1.82) is 0 Å². The zero-order chi connectivity index (χ0) is 19.9. The molecule has 0 bridgehead atoms. The Morgan fingerprint density at radius 1 is 1.11 bits per heavy atom. The smallest absolute Gasteiger partial charge is 0.254 e. The van der Waals surface area contributed by atoms with E-state index in [4.69, 9.17) is 4.74 Å². The van der Waals surface area contributed by atoms with Gasteiger partial charge >= 0.3 is 0 Å². The van der Waals surface area contributed by atoms with Crippen LogP contribution in [0.1, 0.15) is 36.8 Å². The topological polar surface area (TPSA) is 70.2 Å². The number of epoxide rings is 1. The van der Waals surface area contributed by atoms with E-state index in [0.29, 0.717) is 31.8 Å². The minimum atomic E-state index is -3.16. The predicted molar refractivity (Wildman–Crippen MR) is 107 cm³/mol. The normalized spacial score (nSPS) is 25.8. The fraction of sp³-hybridized carbons (Fsp3) is 0.667. The van der Waals surface area contributed by atoms with Crippen molar-refractivity contribution < 1.29 is 17.9 Å². The molecule has 1 unspecified atom stereocenters. The number of piperidine rings is 2. The highest BCUT2D eigenvalue weighted by Crippen LogP contribution is 2.46. The quantitative estimate of drug-likeness (QED) is 0.717. The molecule has 3 saturated heterocycles. The Kier molecular flexibility index (Phi) is 5.27. The van der Waals surface area contributed by atoms with Crippen LogP contribution in [0.15, 0.2) is 24.3 Å². The van der Waals surface area contributed by atoms with Crippen LogP contribution in [-0.2, 0) is 26.0 Å². The zero-order valence-corrected chi connectivity index (χ0v) is 17.6. The van der Waals surface area contributed by atoms with Crippen LogP contribution in [0.2, 0.25) is 0 Å². The molecule has 1 amide bonds.